The molecule has 0 aliphatic carbocycles. The van der Waals surface area contributed by atoms with E-state index >= 15 is 0 Å². The average Bonchev–Trinajstić information content (AvgIpc) is 2.74. The minimum Gasteiger partial charge on any atom is -0.326 e. The third-order valence-electron chi connectivity index (χ3n) is 5.18. The molecular formula is C20H25N3O5S2. The second-order valence-corrected chi connectivity index (χ2v) is 11.0. The summed E-state index contributed by atoms with van der Waals surface area (Å²) in [5.41, 5.74) is 1.48. The smallest absolute Gasteiger partial charge is 0.243 e. The Bertz CT molecular complexity index is 1100. The van der Waals surface area contributed by atoms with Crippen LogP contribution < -0.4 is 10.0 Å². The van der Waals surface area contributed by atoms with Gasteiger partial charge >= 0.3 is 0 Å². The number of rotatable bonds is 6. The predicted octanol–water partition coefficient (Wildman–Crippen LogP) is 1.94. The van der Waals surface area contributed by atoms with Gasteiger partial charge in [-0.1, -0.05) is 17.7 Å². The molecule has 0 unspecified atom stereocenters. The van der Waals surface area contributed by atoms with Crippen LogP contribution in [-0.4, -0.2) is 47.2 Å². The van der Waals surface area contributed by atoms with Gasteiger partial charge in [-0.15, -0.1) is 0 Å². The van der Waals surface area contributed by atoms with E-state index in [1.54, 1.807) is 24.3 Å². The van der Waals surface area contributed by atoms with E-state index in [9.17, 15) is 21.6 Å². The summed E-state index contributed by atoms with van der Waals surface area (Å²) in [6, 6.07) is 12.6. The highest BCUT2D eigenvalue weighted by Gasteiger charge is 2.32. The average molecular weight is 452 g/mol. The van der Waals surface area contributed by atoms with E-state index in [0.29, 0.717) is 18.5 Å². The Hall–Kier alpha value is -2.27. The molecule has 1 fully saturated rings. The minimum atomic E-state index is -3.57. The number of sulfonamides is 2. The number of nitrogens with one attached hydrogen (secondary N) is 2. The van der Waals surface area contributed by atoms with Crippen molar-refractivity contribution in [2.45, 2.75) is 29.6 Å². The Labute approximate surface area is 177 Å². The molecule has 0 spiro atoms. The molecular weight excluding hydrogens is 426 g/mol. The number of anilines is 1. The van der Waals surface area contributed by atoms with Crippen LogP contribution in [-0.2, 0) is 24.8 Å². The molecule has 0 aromatic heterocycles. The van der Waals surface area contributed by atoms with Crippen LogP contribution in [0, 0.1) is 12.8 Å². The summed E-state index contributed by atoms with van der Waals surface area (Å²) in [4.78, 5) is 12.9. The van der Waals surface area contributed by atoms with Gasteiger partial charge in [-0.3, -0.25) is 4.79 Å². The SMILES string of the molecule is CNS(=O)(=O)c1ccc(NC(=O)C2CCN(S(=O)(=O)c3ccc(C)cc3)CC2)cc1. The fraction of sp³-hybridized carbons (Fsp3) is 0.350. The standard InChI is InChI=1S/C20H25N3O5S2/c1-15-3-7-19(8-4-15)30(27,28)23-13-11-16(12-14-23)20(24)22-17-5-9-18(10-6-17)29(25,26)21-2/h3-10,16,21H,11-14H2,1-2H3,(H,22,24). The summed E-state index contributed by atoms with van der Waals surface area (Å²) in [6.45, 7) is 2.44. The first kappa shape index (κ1) is 22.4. The van der Waals surface area contributed by atoms with Crippen molar-refractivity contribution in [1.82, 2.24) is 9.03 Å². The molecule has 3 rings (SSSR count). The zero-order valence-electron chi connectivity index (χ0n) is 16.8. The maximum Gasteiger partial charge on any atom is 0.243 e. The first-order valence-electron chi connectivity index (χ1n) is 9.55. The summed E-state index contributed by atoms with van der Waals surface area (Å²) < 4.78 is 52.7. The van der Waals surface area contributed by atoms with Crippen molar-refractivity contribution in [1.29, 1.82) is 0 Å². The van der Waals surface area contributed by atoms with Crippen molar-refractivity contribution < 1.29 is 21.6 Å². The van der Waals surface area contributed by atoms with E-state index < -0.39 is 20.0 Å². The summed E-state index contributed by atoms with van der Waals surface area (Å²) in [5, 5.41) is 2.78. The van der Waals surface area contributed by atoms with Gasteiger partial charge in [0.1, 0.15) is 0 Å². The van der Waals surface area contributed by atoms with Crippen LogP contribution >= 0.6 is 0 Å². The number of aryl methyl sites for hydroxylation is 1. The van der Waals surface area contributed by atoms with E-state index in [4.69, 9.17) is 0 Å². The zero-order valence-corrected chi connectivity index (χ0v) is 18.5. The molecule has 30 heavy (non-hydrogen) atoms. The Balaban J connectivity index is 1.59. The van der Waals surface area contributed by atoms with Crippen molar-refractivity contribution >= 4 is 31.6 Å². The molecule has 1 aliphatic heterocycles. The van der Waals surface area contributed by atoms with Crippen LogP contribution in [0.3, 0.4) is 0 Å². The van der Waals surface area contributed by atoms with Gasteiger partial charge in [-0.05, 0) is 63.2 Å². The summed E-state index contributed by atoms with van der Waals surface area (Å²) in [6.07, 6.45) is 0.840. The molecule has 2 aromatic carbocycles. The molecule has 0 radical (unpaired) electrons. The van der Waals surface area contributed by atoms with Crippen molar-refractivity contribution in [3.8, 4) is 0 Å². The Kier molecular flexibility index (Phi) is 6.61. The molecule has 1 amide bonds. The Morgan fingerprint density at radius 1 is 0.900 bits per heavy atom. The van der Waals surface area contributed by atoms with E-state index in [0.717, 1.165) is 5.56 Å². The van der Waals surface area contributed by atoms with Gasteiger partial charge in [0, 0.05) is 24.7 Å². The summed E-state index contributed by atoms with van der Waals surface area (Å²) in [5.74, 6) is -0.512. The number of hydrogen-bond donors (Lipinski definition) is 2. The maximum absolute atomic E-state index is 12.8. The van der Waals surface area contributed by atoms with Gasteiger partial charge in [0.25, 0.3) is 0 Å². The molecule has 0 saturated carbocycles. The first-order chi connectivity index (χ1) is 14.1. The van der Waals surface area contributed by atoms with Gasteiger partial charge in [-0.25, -0.2) is 21.6 Å². The predicted molar refractivity (Wildman–Crippen MR) is 114 cm³/mol. The molecule has 0 bridgehead atoms. The van der Waals surface area contributed by atoms with Gasteiger partial charge in [0.05, 0.1) is 9.79 Å². The number of carbonyl (C=O) groups is 1. The van der Waals surface area contributed by atoms with Crippen LogP contribution in [0.25, 0.3) is 0 Å². The van der Waals surface area contributed by atoms with Crippen molar-refractivity contribution in [3.05, 3.63) is 54.1 Å². The molecule has 1 saturated heterocycles. The van der Waals surface area contributed by atoms with Crippen molar-refractivity contribution in [2.24, 2.45) is 5.92 Å². The first-order valence-corrected chi connectivity index (χ1v) is 12.5. The fourth-order valence-electron chi connectivity index (χ4n) is 3.30. The quantitative estimate of drug-likeness (QED) is 0.697. The molecule has 1 heterocycles. The highest BCUT2D eigenvalue weighted by atomic mass is 32.2. The van der Waals surface area contributed by atoms with Gasteiger partial charge in [0.2, 0.25) is 26.0 Å². The monoisotopic (exact) mass is 451 g/mol. The van der Waals surface area contributed by atoms with Gasteiger partial charge in [0.15, 0.2) is 0 Å². The molecule has 8 nitrogen and oxygen atoms in total. The summed E-state index contributed by atoms with van der Waals surface area (Å²) in [7, 11) is -5.77. The molecule has 0 atom stereocenters. The minimum absolute atomic E-state index is 0.109. The highest BCUT2D eigenvalue weighted by Crippen LogP contribution is 2.25. The Morgan fingerprint density at radius 3 is 1.97 bits per heavy atom. The van der Waals surface area contributed by atoms with E-state index in [-0.39, 0.29) is 34.7 Å². The normalized spacial score (nSPS) is 16.3. The van der Waals surface area contributed by atoms with Gasteiger partial charge < -0.3 is 5.32 Å². The third-order valence-corrected chi connectivity index (χ3v) is 8.53. The van der Waals surface area contributed by atoms with Crippen LogP contribution in [0.15, 0.2) is 58.3 Å². The zero-order chi connectivity index (χ0) is 21.9. The number of amides is 1. The van der Waals surface area contributed by atoms with Crippen molar-refractivity contribution in [2.75, 3.05) is 25.5 Å². The van der Waals surface area contributed by atoms with Gasteiger partial charge in [-0.2, -0.15) is 4.31 Å². The topological polar surface area (TPSA) is 113 Å². The molecule has 2 aromatic rings. The molecule has 1 aliphatic rings. The van der Waals surface area contributed by atoms with Crippen molar-refractivity contribution in [3.63, 3.8) is 0 Å². The number of hydrogen-bond acceptors (Lipinski definition) is 5. The Morgan fingerprint density at radius 2 is 1.43 bits per heavy atom. The van der Waals surface area contributed by atoms with E-state index in [2.05, 4.69) is 10.0 Å². The molecule has 162 valence electrons. The molecule has 10 heteroatoms. The van der Waals surface area contributed by atoms with Crippen LogP contribution in [0.5, 0.6) is 0 Å². The number of benzene rings is 2. The lowest BCUT2D eigenvalue weighted by atomic mass is 9.97. The fourth-order valence-corrected chi connectivity index (χ4v) is 5.50. The summed E-state index contributed by atoms with van der Waals surface area (Å²) >= 11 is 0. The number of carbonyl (C=O) groups excluding carboxylic acids is 1. The largest absolute Gasteiger partial charge is 0.326 e. The lowest BCUT2D eigenvalue weighted by Gasteiger charge is -2.30. The highest BCUT2D eigenvalue weighted by molar-refractivity contribution is 7.89. The lowest BCUT2D eigenvalue weighted by molar-refractivity contribution is -0.120. The number of nitrogens with zero attached hydrogens (tertiary/aromatic N) is 1. The number of piperidine rings is 1. The van der Waals surface area contributed by atoms with Crippen LogP contribution in [0.4, 0.5) is 5.69 Å². The maximum atomic E-state index is 12.8. The second-order valence-electron chi connectivity index (χ2n) is 7.21. The van der Waals surface area contributed by atoms with Crippen LogP contribution in [0.2, 0.25) is 0 Å². The van der Waals surface area contributed by atoms with Crippen LogP contribution in [0.1, 0.15) is 18.4 Å². The molecule has 2 N–H and O–H groups in total. The van der Waals surface area contributed by atoms with E-state index in [1.165, 1.54) is 35.6 Å². The third kappa shape index (κ3) is 4.89. The lowest BCUT2D eigenvalue weighted by Crippen LogP contribution is -2.41. The van der Waals surface area contributed by atoms with E-state index in [1.807, 2.05) is 6.92 Å². The second kappa shape index (κ2) is 8.84.